The van der Waals surface area contributed by atoms with Gasteiger partial charge in [0.25, 0.3) is 0 Å². The van der Waals surface area contributed by atoms with Crippen molar-refractivity contribution in [1.82, 2.24) is 4.57 Å². The fraction of sp³-hybridized carbons (Fsp3) is 0.278. The number of hydrogen-bond donors (Lipinski definition) is 0. The molecule has 114 valence electrons. The van der Waals surface area contributed by atoms with Crippen molar-refractivity contribution in [1.29, 1.82) is 0 Å². The Bertz CT molecular complexity index is 808. The monoisotopic (exact) mass is 328 g/mol. The Morgan fingerprint density at radius 1 is 1.14 bits per heavy atom. The number of hydrogen-bond acceptors (Lipinski definition) is 3. The number of benzene rings is 1. The van der Waals surface area contributed by atoms with E-state index in [2.05, 4.69) is 72.5 Å². The minimum atomic E-state index is 0.588. The summed E-state index contributed by atoms with van der Waals surface area (Å²) in [5.41, 5.74) is 3.55. The fourth-order valence-corrected chi connectivity index (χ4v) is 4.15. The topological polar surface area (TPSA) is 17.3 Å². The highest BCUT2D eigenvalue weighted by atomic mass is 32.1. The van der Waals surface area contributed by atoms with E-state index in [0.29, 0.717) is 5.92 Å². The molecule has 2 heterocycles. The minimum absolute atomic E-state index is 0.588. The lowest BCUT2D eigenvalue weighted by atomic mass is 10.2. The van der Waals surface area contributed by atoms with Gasteiger partial charge in [-0.25, -0.2) is 4.99 Å². The molecular formula is C18H20N2S2. The zero-order valence-corrected chi connectivity index (χ0v) is 14.7. The Hall–Kier alpha value is -1.65. The van der Waals surface area contributed by atoms with E-state index in [1.165, 1.54) is 16.1 Å². The molecule has 0 saturated carbocycles. The van der Waals surface area contributed by atoms with Crippen LogP contribution in [0.25, 0.3) is 10.6 Å². The van der Waals surface area contributed by atoms with Gasteiger partial charge in [0, 0.05) is 11.9 Å². The van der Waals surface area contributed by atoms with Crippen LogP contribution >= 0.6 is 22.7 Å². The van der Waals surface area contributed by atoms with Crippen molar-refractivity contribution in [2.45, 2.75) is 27.3 Å². The summed E-state index contributed by atoms with van der Waals surface area (Å²) in [6.07, 6.45) is 0. The van der Waals surface area contributed by atoms with Gasteiger partial charge in [-0.05, 0) is 42.0 Å². The first-order chi connectivity index (χ1) is 10.6. The van der Waals surface area contributed by atoms with Crippen LogP contribution in [0.5, 0.6) is 0 Å². The molecule has 22 heavy (non-hydrogen) atoms. The number of nitrogens with zero attached hydrogens (tertiary/aromatic N) is 2. The van der Waals surface area contributed by atoms with Crippen LogP contribution in [0, 0.1) is 12.8 Å². The highest BCUT2D eigenvalue weighted by molar-refractivity contribution is 7.14. The molecule has 0 aliphatic carbocycles. The normalized spacial score (nSPS) is 12.3. The van der Waals surface area contributed by atoms with E-state index < -0.39 is 0 Å². The van der Waals surface area contributed by atoms with Gasteiger partial charge in [0.1, 0.15) is 0 Å². The highest BCUT2D eigenvalue weighted by Gasteiger charge is 2.10. The molecule has 0 amide bonds. The Morgan fingerprint density at radius 3 is 2.68 bits per heavy atom. The summed E-state index contributed by atoms with van der Waals surface area (Å²) in [6, 6.07) is 12.7. The molecule has 0 unspecified atom stereocenters. The molecular weight excluding hydrogens is 308 g/mol. The van der Waals surface area contributed by atoms with Crippen molar-refractivity contribution < 1.29 is 0 Å². The van der Waals surface area contributed by atoms with Crippen molar-refractivity contribution in [2.75, 3.05) is 0 Å². The number of rotatable bonds is 4. The first kappa shape index (κ1) is 15.3. The van der Waals surface area contributed by atoms with E-state index in [4.69, 9.17) is 4.99 Å². The fourth-order valence-electron chi connectivity index (χ4n) is 2.39. The van der Waals surface area contributed by atoms with E-state index in [1.54, 1.807) is 22.7 Å². The molecule has 0 bridgehead atoms. The largest absolute Gasteiger partial charge is 0.315 e. The standard InChI is InChI=1S/C18H20N2S2/c1-13(2)11-20-16(17-8-5-9-21-17)12-22-18(20)19-15-7-4-6-14(3)10-15/h4-10,12-13H,11H2,1-3H3. The summed E-state index contributed by atoms with van der Waals surface area (Å²) in [7, 11) is 0. The second-order valence-corrected chi connectivity index (χ2v) is 7.62. The molecule has 0 spiro atoms. The van der Waals surface area contributed by atoms with Crippen LogP contribution < -0.4 is 4.80 Å². The molecule has 0 N–H and O–H groups in total. The van der Waals surface area contributed by atoms with Crippen molar-refractivity contribution >= 4 is 28.4 Å². The molecule has 0 radical (unpaired) electrons. The average Bonchev–Trinajstić information content (AvgIpc) is 3.09. The zero-order valence-electron chi connectivity index (χ0n) is 13.1. The van der Waals surface area contributed by atoms with E-state index in [0.717, 1.165) is 17.0 Å². The molecule has 0 saturated heterocycles. The van der Waals surface area contributed by atoms with E-state index in [1.807, 2.05) is 0 Å². The second-order valence-electron chi connectivity index (χ2n) is 5.84. The average molecular weight is 329 g/mol. The quantitative estimate of drug-likeness (QED) is 0.604. The van der Waals surface area contributed by atoms with Gasteiger partial charge in [-0.1, -0.05) is 32.0 Å². The summed E-state index contributed by atoms with van der Waals surface area (Å²) >= 11 is 3.50. The Labute approximate surface area is 139 Å². The van der Waals surface area contributed by atoms with Crippen LogP contribution in [0.3, 0.4) is 0 Å². The summed E-state index contributed by atoms with van der Waals surface area (Å²) in [6.45, 7) is 7.59. The predicted octanol–water partition coefficient (Wildman–Crippen LogP) is 5.47. The molecule has 2 nitrogen and oxygen atoms in total. The molecule has 3 aromatic rings. The molecule has 2 aromatic heterocycles. The van der Waals surface area contributed by atoms with Gasteiger partial charge in [-0.15, -0.1) is 22.7 Å². The van der Waals surface area contributed by atoms with Crippen molar-refractivity contribution in [3.05, 3.63) is 57.5 Å². The van der Waals surface area contributed by atoms with Crippen molar-refractivity contribution in [3.63, 3.8) is 0 Å². The third-order valence-corrected chi connectivity index (χ3v) is 5.10. The minimum Gasteiger partial charge on any atom is -0.315 e. The van der Waals surface area contributed by atoms with Crippen molar-refractivity contribution in [2.24, 2.45) is 10.9 Å². The SMILES string of the molecule is Cc1cccc(N=c2scc(-c3cccs3)n2CC(C)C)c1. The molecule has 4 heteroatoms. The molecule has 0 aliphatic heterocycles. The van der Waals surface area contributed by atoms with Crippen LogP contribution in [0.1, 0.15) is 19.4 Å². The zero-order chi connectivity index (χ0) is 15.5. The molecule has 1 aromatic carbocycles. The number of aromatic nitrogens is 1. The third-order valence-electron chi connectivity index (χ3n) is 3.35. The van der Waals surface area contributed by atoms with Crippen LogP contribution in [-0.4, -0.2) is 4.57 Å². The van der Waals surface area contributed by atoms with E-state index >= 15 is 0 Å². The van der Waals surface area contributed by atoms with Gasteiger partial charge in [0.05, 0.1) is 16.3 Å². The second kappa shape index (κ2) is 6.63. The summed E-state index contributed by atoms with van der Waals surface area (Å²) in [5.74, 6) is 0.588. The highest BCUT2D eigenvalue weighted by Crippen LogP contribution is 2.26. The smallest absolute Gasteiger partial charge is 0.190 e. The summed E-state index contributed by atoms with van der Waals surface area (Å²) < 4.78 is 2.35. The van der Waals surface area contributed by atoms with Gasteiger partial charge >= 0.3 is 0 Å². The van der Waals surface area contributed by atoms with Gasteiger partial charge in [0.15, 0.2) is 4.80 Å². The lowest BCUT2D eigenvalue weighted by Crippen LogP contribution is -2.18. The van der Waals surface area contributed by atoms with Crippen LogP contribution in [0.4, 0.5) is 5.69 Å². The number of aryl methyl sites for hydroxylation is 1. The van der Waals surface area contributed by atoms with Crippen LogP contribution in [-0.2, 0) is 6.54 Å². The van der Waals surface area contributed by atoms with E-state index in [9.17, 15) is 0 Å². The van der Waals surface area contributed by atoms with Crippen LogP contribution in [0.2, 0.25) is 0 Å². The molecule has 3 rings (SSSR count). The number of thiophene rings is 1. The first-order valence-corrected chi connectivity index (χ1v) is 9.23. The number of thiazole rings is 1. The van der Waals surface area contributed by atoms with E-state index in [-0.39, 0.29) is 0 Å². The van der Waals surface area contributed by atoms with Gasteiger partial charge < -0.3 is 4.57 Å². The van der Waals surface area contributed by atoms with Gasteiger partial charge in [-0.3, -0.25) is 0 Å². The molecule has 0 atom stereocenters. The lowest BCUT2D eigenvalue weighted by molar-refractivity contribution is 0.518. The maximum absolute atomic E-state index is 4.87. The predicted molar refractivity (Wildman–Crippen MR) is 96.9 cm³/mol. The van der Waals surface area contributed by atoms with Gasteiger partial charge in [0.2, 0.25) is 0 Å². The third kappa shape index (κ3) is 3.39. The molecule has 0 fully saturated rings. The van der Waals surface area contributed by atoms with Gasteiger partial charge in [-0.2, -0.15) is 0 Å². The Morgan fingerprint density at radius 2 is 2.00 bits per heavy atom. The maximum Gasteiger partial charge on any atom is 0.190 e. The lowest BCUT2D eigenvalue weighted by Gasteiger charge is -2.10. The maximum atomic E-state index is 4.87. The Kier molecular flexibility index (Phi) is 4.60. The van der Waals surface area contributed by atoms with Crippen LogP contribution in [0.15, 0.2) is 52.2 Å². The first-order valence-electron chi connectivity index (χ1n) is 7.47. The summed E-state index contributed by atoms with van der Waals surface area (Å²) in [5, 5.41) is 4.35. The summed E-state index contributed by atoms with van der Waals surface area (Å²) in [4.78, 5) is 7.25. The molecule has 0 aliphatic rings. The van der Waals surface area contributed by atoms with Crippen molar-refractivity contribution in [3.8, 4) is 10.6 Å². The Balaban J connectivity index is 2.11.